The van der Waals surface area contributed by atoms with E-state index < -0.39 is 0 Å². The fourth-order valence-electron chi connectivity index (χ4n) is 3.16. The zero-order valence-corrected chi connectivity index (χ0v) is 14.1. The van der Waals surface area contributed by atoms with Crippen molar-refractivity contribution in [3.8, 4) is 0 Å². The zero-order chi connectivity index (χ0) is 15.5. The van der Waals surface area contributed by atoms with Gasteiger partial charge >= 0.3 is 0 Å². The quantitative estimate of drug-likeness (QED) is 0.902. The van der Waals surface area contributed by atoms with Crippen LogP contribution in [0.4, 0.5) is 5.69 Å². The molecule has 1 atom stereocenters. The average Bonchev–Trinajstić information content (AvgIpc) is 2.44. The minimum atomic E-state index is 0.153. The summed E-state index contributed by atoms with van der Waals surface area (Å²) in [4.78, 5) is 2.60. The lowest BCUT2D eigenvalue weighted by Crippen LogP contribution is -2.63. The van der Waals surface area contributed by atoms with Gasteiger partial charge in [0.15, 0.2) is 0 Å². The van der Waals surface area contributed by atoms with Crippen molar-refractivity contribution in [3.05, 3.63) is 29.8 Å². The van der Waals surface area contributed by atoms with Gasteiger partial charge < -0.3 is 15.0 Å². The van der Waals surface area contributed by atoms with Crippen LogP contribution < -0.4 is 10.2 Å². The molecule has 1 unspecified atom stereocenters. The topological polar surface area (TPSA) is 24.5 Å². The normalized spacial score (nSPS) is 21.8. The molecule has 1 aromatic rings. The van der Waals surface area contributed by atoms with Crippen LogP contribution in [-0.4, -0.2) is 38.4 Å². The number of nitrogens with one attached hydrogen (secondary N) is 1. The SMILES string of the molecule is COCCc1ccccc1N1CC(C)(C)NCC1C(C)C. The van der Waals surface area contributed by atoms with Crippen molar-refractivity contribution in [2.45, 2.75) is 45.7 Å². The molecule has 0 amide bonds. The molecule has 0 saturated carbocycles. The van der Waals surface area contributed by atoms with Crippen LogP contribution in [0.3, 0.4) is 0 Å². The first kappa shape index (κ1) is 16.3. The Kier molecular flexibility index (Phi) is 5.28. The Morgan fingerprint density at radius 1 is 1.33 bits per heavy atom. The number of piperazine rings is 1. The second-order valence-corrected chi connectivity index (χ2v) is 7.08. The van der Waals surface area contributed by atoms with Crippen molar-refractivity contribution in [1.29, 1.82) is 0 Å². The summed E-state index contributed by atoms with van der Waals surface area (Å²) in [7, 11) is 1.77. The molecule has 118 valence electrons. The molecule has 1 aliphatic heterocycles. The van der Waals surface area contributed by atoms with Gasteiger partial charge in [0.1, 0.15) is 0 Å². The van der Waals surface area contributed by atoms with Gasteiger partial charge in [-0.15, -0.1) is 0 Å². The molecule has 0 aliphatic carbocycles. The predicted molar refractivity (Wildman–Crippen MR) is 90.1 cm³/mol. The second-order valence-electron chi connectivity index (χ2n) is 7.08. The van der Waals surface area contributed by atoms with Crippen LogP contribution in [0.15, 0.2) is 24.3 Å². The number of para-hydroxylation sites is 1. The van der Waals surface area contributed by atoms with Crippen LogP contribution in [0.2, 0.25) is 0 Å². The van der Waals surface area contributed by atoms with E-state index in [1.54, 1.807) is 7.11 Å². The third-order valence-electron chi connectivity index (χ3n) is 4.40. The predicted octanol–water partition coefficient (Wildman–Crippen LogP) is 3.09. The first-order valence-corrected chi connectivity index (χ1v) is 8.03. The Balaban J connectivity index is 2.31. The van der Waals surface area contributed by atoms with Crippen LogP contribution in [0.1, 0.15) is 33.3 Å². The number of anilines is 1. The molecule has 1 saturated heterocycles. The summed E-state index contributed by atoms with van der Waals surface area (Å²) < 4.78 is 5.27. The van der Waals surface area contributed by atoms with Crippen molar-refractivity contribution < 1.29 is 4.74 Å². The van der Waals surface area contributed by atoms with Crippen molar-refractivity contribution in [3.63, 3.8) is 0 Å². The Morgan fingerprint density at radius 2 is 2.05 bits per heavy atom. The lowest BCUT2D eigenvalue weighted by atomic mass is 9.91. The maximum absolute atomic E-state index is 5.27. The molecule has 0 spiro atoms. The maximum atomic E-state index is 5.27. The van der Waals surface area contributed by atoms with E-state index in [9.17, 15) is 0 Å². The molecular weight excluding hydrogens is 260 g/mol. The summed E-state index contributed by atoms with van der Waals surface area (Å²) in [5, 5.41) is 3.69. The van der Waals surface area contributed by atoms with Gasteiger partial charge in [-0.2, -0.15) is 0 Å². The number of nitrogens with zero attached hydrogens (tertiary/aromatic N) is 1. The molecule has 1 aromatic carbocycles. The first-order valence-electron chi connectivity index (χ1n) is 8.03. The number of hydrogen-bond donors (Lipinski definition) is 1. The summed E-state index contributed by atoms with van der Waals surface area (Å²) in [5.74, 6) is 0.629. The van der Waals surface area contributed by atoms with Crippen molar-refractivity contribution >= 4 is 5.69 Å². The van der Waals surface area contributed by atoms with Crippen LogP contribution in [0.25, 0.3) is 0 Å². The molecule has 21 heavy (non-hydrogen) atoms. The van der Waals surface area contributed by atoms with Gasteiger partial charge in [0.25, 0.3) is 0 Å². The van der Waals surface area contributed by atoms with E-state index in [0.717, 1.165) is 26.1 Å². The number of benzene rings is 1. The molecule has 3 heteroatoms. The third-order valence-corrected chi connectivity index (χ3v) is 4.40. The van der Waals surface area contributed by atoms with E-state index in [-0.39, 0.29) is 5.54 Å². The van der Waals surface area contributed by atoms with Gasteiger partial charge in [0.2, 0.25) is 0 Å². The van der Waals surface area contributed by atoms with Crippen LogP contribution in [0, 0.1) is 5.92 Å². The van der Waals surface area contributed by atoms with Gasteiger partial charge in [0.05, 0.1) is 6.61 Å². The molecule has 0 radical (unpaired) electrons. The lowest BCUT2D eigenvalue weighted by molar-refractivity contribution is 0.202. The highest BCUT2D eigenvalue weighted by Gasteiger charge is 2.34. The Bertz CT molecular complexity index is 456. The highest BCUT2D eigenvalue weighted by Crippen LogP contribution is 2.30. The molecule has 0 bridgehead atoms. The van der Waals surface area contributed by atoms with Crippen molar-refractivity contribution in [1.82, 2.24) is 5.32 Å². The van der Waals surface area contributed by atoms with E-state index >= 15 is 0 Å². The standard InChI is InChI=1S/C18H30N2O/c1-14(2)17-12-19-18(3,4)13-20(17)16-9-7-6-8-15(16)10-11-21-5/h6-9,14,17,19H,10-13H2,1-5H3. The Labute approximate surface area is 129 Å². The van der Waals surface area contributed by atoms with Gasteiger partial charge in [-0.05, 0) is 37.8 Å². The molecule has 1 N–H and O–H groups in total. The van der Waals surface area contributed by atoms with Crippen molar-refractivity contribution in [2.24, 2.45) is 5.92 Å². The Hall–Kier alpha value is -1.06. The number of hydrogen-bond acceptors (Lipinski definition) is 3. The highest BCUT2D eigenvalue weighted by atomic mass is 16.5. The first-order chi connectivity index (χ1) is 9.94. The molecule has 3 nitrogen and oxygen atoms in total. The molecule has 1 heterocycles. The number of methoxy groups -OCH3 is 1. The van der Waals surface area contributed by atoms with E-state index in [1.807, 2.05) is 0 Å². The zero-order valence-electron chi connectivity index (χ0n) is 14.1. The largest absolute Gasteiger partial charge is 0.384 e. The molecule has 2 rings (SSSR count). The summed E-state index contributed by atoms with van der Waals surface area (Å²) in [5.41, 5.74) is 2.92. The van der Waals surface area contributed by atoms with Gasteiger partial charge in [-0.3, -0.25) is 0 Å². The monoisotopic (exact) mass is 290 g/mol. The van der Waals surface area contributed by atoms with E-state index in [0.29, 0.717) is 12.0 Å². The summed E-state index contributed by atoms with van der Waals surface area (Å²) in [6.07, 6.45) is 0.974. The lowest BCUT2D eigenvalue weighted by Gasteiger charge is -2.48. The summed E-state index contributed by atoms with van der Waals surface area (Å²) in [6.45, 7) is 12.1. The minimum Gasteiger partial charge on any atom is -0.384 e. The third kappa shape index (κ3) is 3.98. The molecule has 1 aliphatic rings. The van der Waals surface area contributed by atoms with Gasteiger partial charge in [0, 0.05) is 37.5 Å². The molecular formula is C18H30N2O. The fraction of sp³-hybridized carbons (Fsp3) is 0.667. The van der Waals surface area contributed by atoms with Gasteiger partial charge in [-0.1, -0.05) is 32.0 Å². The van der Waals surface area contributed by atoms with E-state index in [4.69, 9.17) is 4.74 Å². The van der Waals surface area contributed by atoms with Crippen LogP contribution in [-0.2, 0) is 11.2 Å². The number of ether oxygens (including phenoxy) is 1. The molecule has 0 aromatic heterocycles. The second kappa shape index (κ2) is 6.80. The Morgan fingerprint density at radius 3 is 2.71 bits per heavy atom. The highest BCUT2D eigenvalue weighted by molar-refractivity contribution is 5.55. The molecule has 1 fully saturated rings. The number of rotatable bonds is 5. The summed E-state index contributed by atoms with van der Waals surface area (Å²) in [6, 6.07) is 9.33. The minimum absolute atomic E-state index is 0.153. The van der Waals surface area contributed by atoms with Crippen LogP contribution >= 0.6 is 0 Å². The van der Waals surface area contributed by atoms with Gasteiger partial charge in [-0.25, -0.2) is 0 Å². The maximum Gasteiger partial charge on any atom is 0.0503 e. The van der Waals surface area contributed by atoms with E-state index in [1.165, 1.54) is 11.3 Å². The smallest absolute Gasteiger partial charge is 0.0503 e. The van der Waals surface area contributed by atoms with E-state index in [2.05, 4.69) is 62.2 Å². The van der Waals surface area contributed by atoms with Crippen molar-refractivity contribution in [2.75, 3.05) is 31.7 Å². The van der Waals surface area contributed by atoms with Crippen LogP contribution in [0.5, 0.6) is 0 Å². The average molecular weight is 290 g/mol. The summed E-state index contributed by atoms with van der Waals surface area (Å²) >= 11 is 0. The fourth-order valence-corrected chi connectivity index (χ4v) is 3.16.